The number of fused-ring (bicyclic) bond motifs is 1. The topological polar surface area (TPSA) is 47.0 Å². The molecule has 1 unspecified atom stereocenters. The standard InChI is InChI=1S/C14H17N3OS/c1-9(2)13-16-14(19-17-13)15-11-7-8-18-12-6-4-3-5-10(11)12/h3-6,9,11H,7-8H2,1-2H3,(H,15,16,17). The second kappa shape index (κ2) is 5.17. The van der Waals surface area contributed by atoms with Gasteiger partial charge in [-0.1, -0.05) is 32.0 Å². The number of rotatable bonds is 3. The lowest BCUT2D eigenvalue weighted by molar-refractivity contribution is 0.274. The summed E-state index contributed by atoms with van der Waals surface area (Å²) in [7, 11) is 0. The lowest BCUT2D eigenvalue weighted by atomic mass is 10.0. The Labute approximate surface area is 117 Å². The van der Waals surface area contributed by atoms with Gasteiger partial charge in [0.15, 0.2) is 0 Å². The van der Waals surface area contributed by atoms with Gasteiger partial charge in [-0.2, -0.15) is 4.37 Å². The molecular weight excluding hydrogens is 258 g/mol. The third-order valence-electron chi connectivity index (χ3n) is 3.21. The number of hydrogen-bond donors (Lipinski definition) is 1. The number of benzene rings is 1. The first-order valence-electron chi connectivity index (χ1n) is 6.56. The van der Waals surface area contributed by atoms with Gasteiger partial charge >= 0.3 is 0 Å². The average Bonchev–Trinajstić information content (AvgIpc) is 2.88. The van der Waals surface area contributed by atoms with Gasteiger partial charge in [0, 0.05) is 29.4 Å². The fourth-order valence-electron chi connectivity index (χ4n) is 2.17. The predicted molar refractivity (Wildman–Crippen MR) is 76.9 cm³/mol. The van der Waals surface area contributed by atoms with E-state index in [1.165, 1.54) is 17.1 Å². The van der Waals surface area contributed by atoms with Crippen molar-refractivity contribution in [1.29, 1.82) is 0 Å². The van der Waals surface area contributed by atoms with Gasteiger partial charge in [-0.05, 0) is 6.07 Å². The Bertz CT molecular complexity index is 567. The van der Waals surface area contributed by atoms with Crippen LogP contribution in [0, 0.1) is 0 Å². The molecule has 0 spiro atoms. The highest BCUT2D eigenvalue weighted by atomic mass is 32.1. The minimum Gasteiger partial charge on any atom is -0.493 e. The van der Waals surface area contributed by atoms with Crippen molar-refractivity contribution >= 4 is 16.7 Å². The molecule has 0 saturated heterocycles. The Morgan fingerprint density at radius 3 is 3.00 bits per heavy atom. The zero-order valence-electron chi connectivity index (χ0n) is 11.1. The molecule has 0 aliphatic carbocycles. The molecule has 19 heavy (non-hydrogen) atoms. The van der Waals surface area contributed by atoms with Crippen molar-refractivity contribution in [2.24, 2.45) is 0 Å². The fourth-order valence-corrected chi connectivity index (χ4v) is 2.93. The fraction of sp³-hybridized carbons (Fsp3) is 0.429. The summed E-state index contributed by atoms with van der Waals surface area (Å²) in [5, 5.41) is 4.37. The van der Waals surface area contributed by atoms with Crippen LogP contribution in [0.15, 0.2) is 24.3 Å². The summed E-state index contributed by atoms with van der Waals surface area (Å²) < 4.78 is 10.0. The number of para-hydroxylation sites is 1. The minimum atomic E-state index is 0.262. The molecule has 100 valence electrons. The molecule has 4 nitrogen and oxygen atoms in total. The normalized spacial score (nSPS) is 17.9. The summed E-state index contributed by atoms with van der Waals surface area (Å²) in [6.07, 6.45) is 0.952. The summed E-state index contributed by atoms with van der Waals surface area (Å²) in [4.78, 5) is 4.53. The zero-order chi connectivity index (χ0) is 13.2. The molecular formula is C14H17N3OS. The highest BCUT2D eigenvalue weighted by Gasteiger charge is 2.22. The van der Waals surface area contributed by atoms with Gasteiger partial charge in [-0.15, -0.1) is 0 Å². The number of hydrogen-bond acceptors (Lipinski definition) is 5. The molecule has 0 saturated carbocycles. The molecule has 1 aliphatic rings. The number of ether oxygens (including phenoxy) is 1. The van der Waals surface area contributed by atoms with E-state index in [2.05, 4.69) is 34.6 Å². The second-order valence-corrected chi connectivity index (χ2v) is 5.74. The molecule has 5 heteroatoms. The van der Waals surface area contributed by atoms with Crippen molar-refractivity contribution in [3.8, 4) is 5.75 Å². The third-order valence-corrected chi connectivity index (χ3v) is 3.87. The summed E-state index contributed by atoms with van der Waals surface area (Å²) >= 11 is 1.43. The summed E-state index contributed by atoms with van der Waals surface area (Å²) in [6.45, 7) is 4.95. The van der Waals surface area contributed by atoms with Crippen LogP contribution in [-0.4, -0.2) is 16.0 Å². The van der Waals surface area contributed by atoms with Crippen LogP contribution in [-0.2, 0) is 0 Å². The predicted octanol–water partition coefficient (Wildman–Crippen LogP) is 3.60. The molecule has 2 heterocycles. The van der Waals surface area contributed by atoms with E-state index in [-0.39, 0.29) is 6.04 Å². The molecule has 0 bridgehead atoms. The van der Waals surface area contributed by atoms with Crippen LogP contribution in [0.2, 0.25) is 0 Å². The van der Waals surface area contributed by atoms with Crippen LogP contribution in [0.25, 0.3) is 0 Å². The van der Waals surface area contributed by atoms with Gasteiger partial charge < -0.3 is 10.1 Å². The Morgan fingerprint density at radius 2 is 2.21 bits per heavy atom. The summed E-state index contributed by atoms with van der Waals surface area (Å²) in [5.41, 5.74) is 1.20. The largest absolute Gasteiger partial charge is 0.493 e. The van der Waals surface area contributed by atoms with Crippen LogP contribution in [0.5, 0.6) is 5.75 Å². The quantitative estimate of drug-likeness (QED) is 0.929. The van der Waals surface area contributed by atoms with E-state index >= 15 is 0 Å². The van der Waals surface area contributed by atoms with Crippen molar-refractivity contribution in [3.05, 3.63) is 35.7 Å². The van der Waals surface area contributed by atoms with E-state index in [1.54, 1.807) is 0 Å². The van der Waals surface area contributed by atoms with Crippen molar-refractivity contribution in [2.45, 2.75) is 32.2 Å². The van der Waals surface area contributed by atoms with Crippen molar-refractivity contribution < 1.29 is 4.74 Å². The van der Waals surface area contributed by atoms with Crippen LogP contribution < -0.4 is 10.1 Å². The van der Waals surface area contributed by atoms with Crippen molar-refractivity contribution in [1.82, 2.24) is 9.36 Å². The van der Waals surface area contributed by atoms with E-state index in [9.17, 15) is 0 Å². The van der Waals surface area contributed by atoms with E-state index < -0.39 is 0 Å². The van der Waals surface area contributed by atoms with Gasteiger partial charge in [-0.25, -0.2) is 4.98 Å². The highest BCUT2D eigenvalue weighted by Crippen LogP contribution is 2.34. The first kappa shape index (κ1) is 12.4. The molecule has 0 fully saturated rings. The van der Waals surface area contributed by atoms with Crippen molar-refractivity contribution in [3.63, 3.8) is 0 Å². The van der Waals surface area contributed by atoms with Gasteiger partial charge in [-0.3, -0.25) is 0 Å². The van der Waals surface area contributed by atoms with Crippen molar-refractivity contribution in [2.75, 3.05) is 11.9 Å². The Kier molecular flexibility index (Phi) is 3.38. The molecule has 1 aromatic carbocycles. The molecule has 1 aromatic heterocycles. The van der Waals surface area contributed by atoms with Crippen LogP contribution in [0.1, 0.15) is 43.6 Å². The van der Waals surface area contributed by atoms with E-state index in [0.29, 0.717) is 5.92 Å². The molecule has 0 amide bonds. The number of aromatic nitrogens is 2. The summed E-state index contributed by atoms with van der Waals surface area (Å²) in [5.74, 6) is 2.25. The maximum absolute atomic E-state index is 5.66. The third kappa shape index (κ3) is 2.56. The lowest BCUT2D eigenvalue weighted by Gasteiger charge is -2.26. The maximum Gasteiger partial charge on any atom is 0.203 e. The zero-order valence-corrected chi connectivity index (χ0v) is 11.9. The first-order valence-corrected chi connectivity index (χ1v) is 7.33. The summed E-state index contributed by atoms with van der Waals surface area (Å²) in [6, 6.07) is 8.43. The molecule has 1 N–H and O–H groups in total. The average molecular weight is 275 g/mol. The van der Waals surface area contributed by atoms with Crippen LogP contribution >= 0.6 is 11.5 Å². The van der Waals surface area contributed by atoms with Gasteiger partial charge in [0.1, 0.15) is 11.6 Å². The molecule has 3 rings (SSSR count). The SMILES string of the molecule is CC(C)c1nsc(NC2CCOc3ccccc32)n1. The molecule has 1 atom stereocenters. The Balaban J connectivity index is 1.80. The van der Waals surface area contributed by atoms with Gasteiger partial charge in [0.05, 0.1) is 12.6 Å². The van der Waals surface area contributed by atoms with Crippen LogP contribution in [0.3, 0.4) is 0 Å². The van der Waals surface area contributed by atoms with E-state index in [1.807, 2.05) is 18.2 Å². The lowest BCUT2D eigenvalue weighted by Crippen LogP contribution is -2.20. The van der Waals surface area contributed by atoms with Gasteiger partial charge in [0.2, 0.25) is 5.13 Å². The monoisotopic (exact) mass is 275 g/mol. The van der Waals surface area contributed by atoms with E-state index in [4.69, 9.17) is 4.74 Å². The number of nitrogens with zero attached hydrogens (tertiary/aromatic N) is 2. The number of anilines is 1. The molecule has 0 radical (unpaired) electrons. The van der Waals surface area contributed by atoms with E-state index in [0.717, 1.165) is 29.7 Å². The highest BCUT2D eigenvalue weighted by molar-refractivity contribution is 7.09. The Hall–Kier alpha value is -1.62. The van der Waals surface area contributed by atoms with Crippen LogP contribution in [0.4, 0.5) is 5.13 Å². The maximum atomic E-state index is 5.66. The molecule has 1 aliphatic heterocycles. The Morgan fingerprint density at radius 1 is 1.37 bits per heavy atom. The second-order valence-electron chi connectivity index (χ2n) is 4.98. The smallest absolute Gasteiger partial charge is 0.203 e. The molecule has 2 aromatic rings. The minimum absolute atomic E-state index is 0.262. The first-order chi connectivity index (χ1) is 9.24. The number of nitrogens with one attached hydrogen (secondary N) is 1. The van der Waals surface area contributed by atoms with Gasteiger partial charge in [0.25, 0.3) is 0 Å².